The SMILES string of the molecule is CCCCOCC1(OCCn2cc[n+](C)c2)CC(C(=O)OCC)=NO1. The van der Waals surface area contributed by atoms with E-state index in [2.05, 4.69) is 12.1 Å². The maximum atomic E-state index is 11.9. The third kappa shape index (κ3) is 5.82. The zero-order valence-corrected chi connectivity index (χ0v) is 15.3. The highest BCUT2D eigenvalue weighted by atomic mass is 16.8. The molecule has 0 N–H and O–H groups in total. The van der Waals surface area contributed by atoms with Crippen molar-refractivity contribution in [1.29, 1.82) is 0 Å². The van der Waals surface area contributed by atoms with Crippen molar-refractivity contribution < 1.29 is 28.4 Å². The van der Waals surface area contributed by atoms with E-state index >= 15 is 0 Å². The Morgan fingerprint density at radius 3 is 2.96 bits per heavy atom. The number of nitrogens with zero attached hydrogens (tertiary/aromatic N) is 3. The maximum absolute atomic E-state index is 11.9. The van der Waals surface area contributed by atoms with Gasteiger partial charge >= 0.3 is 5.97 Å². The molecule has 1 aromatic rings. The molecule has 0 fully saturated rings. The Hall–Kier alpha value is -1.93. The second-order valence-electron chi connectivity index (χ2n) is 6.01. The highest BCUT2D eigenvalue weighted by Crippen LogP contribution is 2.27. The molecule has 0 saturated heterocycles. The molecular weight excluding hydrogens is 326 g/mol. The Morgan fingerprint density at radius 2 is 2.28 bits per heavy atom. The van der Waals surface area contributed by atoms with Crippen LogP contribution in [0.15, 0.2) is 23.9 Å². The van der Waals surface area contributed by atoms with Gasteiger partial charge in [-0.3, -0.25) is 0 Å². The van der Waals surface area contributed by atoms with Crippen molar-refractivity contribution in [2.75, 3.05) is 26.4 Å². The van der Waals surface area contributed by atoms with Crippen molar-refractivity contribution in [1.82, 2.24) is 4.57 Å². The van der Waals surface area contributed by atoms with Crippen LogP contribution in [0.5, 0.6) is 0 Å². The fourth-order valence-corrected chi connectivity index (χ4v) is 2.42. The molecule has 0 spiro atoms. The third-order valence-electron chi connectivity index (χ3n) is 3.77. The minimum atomic E-state index is -1.06. The number of hydrogen-bond acceptors (Lipinski definition) is 6. The van der Waals surface area contributed by atoms with E-state index < -0.39 is 11.8 Å². The molecule has 2 heterocycles. The van der Waals surface area contributed by atoms with E-state index in [1.54, 1.807) is 6.92 Å². The third-order valence-corrected chi connectivity index (χ3v) is 3.77. The number of unbranched alkanes of at least 4 members (excludes halogenated alkanes) is 1. The van der Waals surface area contributed by atoms with Crippen molar-refractivity contribution in [3.8, 4) is 0 Å². The van der Waals surface area contributed by atoms with E-state index in [1.807, 2.05) is 34.9 Å². The topological polar surface area (TPSA) is 75.2 Å². The van der Waals surface area contributed by atoms with E-state index in [9.17, 15) is 4.79 Å². The molecule has 0 radical (unpaired) electrons. The molecule has 0 aliphatic carbocycles. The van der Waals surface area contributed by atoms with Gasteiger partial charge in [-0.1, -0.05) is 18.5 Å². The van der Waals surface area contributed by atoms with Crippen LogP contribution in [0.25, 0.3) is 0 Å². The molecule has 1 aliphatic heterocycles. The van der Waals surface area contributed by atoms with E-state index in [4.69, 9.17) is 19.0 Å². The van der Waals surface area contributed by atoms with Crippen LogP contribution in [0.3, 0.4) is 0 Å². The Labute approximate surface area is 148 Å². The predicted molar refractivity (Wildman–Crippen MR) is 89.8 cm³/mol. The number of aryl methyl sites for hydroxylation is 1. The number of ether oxygens (including phenoxy) is 3. The lowest BCUT2D eigenvalue weighted by atomic mass is 10.1. The van der Waals surface area contributed by atoms with Crippen LogP contribution in [0.1, 0.15) is 33.1 Å². The highest BCUT2D eigenvalue weighted by molar-refractivity contribution is 6.36. The standard InChI is InChI=1S/C17H28N3O5/c1-4-6-10-22-13-17(12-15(18-25-17)16(21)23-5-2)24-11-9-20-8-7-19(3)14-20/h7-8,14H,4-6,9-13H2,1-3H3/q+1. The van der Waals surface area contributed by atoms with Crippen LogP contribution < -0.4 is 4.57 Å². The summed E-state index contributed by atoms with van der Waals surface area (Å²) in [5.41, 5.74) is 0.230. The Bertz CT molecular complexity index is 587. The number of carbonyl (C=O) groups excluding carboxylic acids is 1. The zero-order valence-electron chi connectivity index (χ0n) is 15.3. The molecule has 8 nitrogen and oxygen atoms in total. The van der Waals surface area contributed by atoms with E-state index in [-0.39, 0.29) is 18.7 Å². The van der Waals surface area contributed by atoms with Crippen LogP contribution in [-0.2, 0) is 37.4 Å². The first kappa shape index (κ1) is 19.4. The smallest absolute Gasteiger partial charge is 0.356 e. The van der Waals surface area contributed by atoms with Gasteiger partial charge in [0.05, 0.1) is 26.7 Å². The number of rotatable bonds is 11. The minimum absolute atomic E-state index is 0.220. The van der Waals surface area contributed by atoms with Gasteiger partial charge < -0.3 is 19.0 Å². The van der Waals surface area contributed by atoms with Crippen LogP contribution in [0.2, 0.25) is 0 Å². The summed E-state index contributed by atoms with van der Waals surface area (Å²) >= 11 is 0. The lowest BCUT2D eigenvalue weighted by Gasteiger charge is -2.26. The number of carbonyl (C=O) groups is 1. The molecule has 1 atom stereocenters. The quantitative estimate of drug-likeness (QED) is 0.339. The lowest BCUT2D eigenvalue weighted by molar-refractivity contribution is -0.671. The van der Waals surface area contributed by atoms with E-state index in [1.165, 1.54) is 0 Å². The average Bonchev–Trinajstić information content (AvgIpc) is 3.19. The molecule has 2 rings (SSSR count). The normalized spacial score (nSPS) is 19.6. The van der Waals surface area contributed by atoms with Crippen LogP contribution in [-0.4, -0.2) is 48.5 Å². The molecule has 1 unspecified atom stereocenters. The maximum Gasteiger partial charge on any atom is 0.356 e. The molecule has 140 valence electrons. The van der Waals surface area contributed by atoms with Crippen molar-refractivity contribution in [2.24, 2.45) is 12.2 Å². The van der Waals surface area contributed by atoms with Gasteiger partial charge in [-0.05, 0) is 13.3 Å². The van der Waals surface area contributed by atoms with Gasteiger partial charge in [0.15, 0.2) is 5.71 Å². The summed E-state index contributed by atoms with van der Waals surface area (Å²) < 4.78 is 20.6. The first-order valence-corrected chi connectivity index (χ1v) is 8.73. The summed E-state index contributed by atoms with van der Waals surface area (Å²) in [7, 11) is 1.96. The summed E-state index contributed by atoms with van der Waals surface area (Å²) in [5, 5.41) is 3.86. The van der Waals surface area contributed by atoms with Crippen LogP contribution in [0, 0.1) is 0 Å². The Kier molecular flexibility index (Phi) is 7.39. The van der Waals surface area contributed by atoms with Crippen LogP contribution >= 0.6 is 0 Å². The van der Waals surface area contributed by atoms with Gasteiger partial charge in [0, 0.05) is 6.61 Å². The molecule has 0 aromatic carbocycles. The molecule has 0 amide bonds. The van der Waals surface area contributed by atoms with Crippen LogP contribution in [0.4, 0.5) is 0 Å². The molecule has 1 aliphatic rings. The lowest BCUT2D eigenvalue weighted by Crippen LogP contribution is -2.40. The predicted octanol–water partition coefficient (Wildman–Crippen LogP) is 1.18. The Morgan fingerprint density at radius 1 is 1.44 bits per heavy atom. The Balaban J connectivity index is 1.90. The number of imidazole rings is 1. The molecule has 0 saturated carbocycles. The number of aromatic nitrogens is 2. The number of oxime groups is 1. The first-order chi connectivity index (χ1) is 12.1. The van der Waals surface area contributed by atoms with Crippen molar-refractivity contribution >= 4 is 11.7 Å². The first-order valence-electron chi connectivity index (χ1n) is 8.73. The molecule has 0 bridgehead atoms. The molecular formula is C17H28N3O5+. The van der Waals surface area contributed by atoms with E-state index in [0.29, 0.717) is 26.4 Å². The van der Waals surface area contributed by atoms with Crippen molar-refractivity contribution in [3.05, 3.63) is 18.7 Å². The fourth-order valence-electron chi connectivity index (χ4n) is 2.42. The van der Waals surface area contributed by atoms with Crippen molar-refractivity contribution in [3.63, 3.8) is 0 Å². The van der Waals surface area contributed by atoms with Gasteiger partial charge in [-0.15, -0.1) is 0 Å². The highest BCUT2D eigenvalue weighted by Gasteiger charge is 2.43. The molecule has 25 heavy (non-hydrogen) atoms. The van der Waals surface area contributed by atoms with Gasteiger partial charge in [0.2, 0.25) is 6.33 Å². The molecule has 8 heteroatoms. The zero-order chi connectivity index (χ0) is 18.1. The van der Waals surface area contributed by atoms with E-state index in [0.717, 1.165) is 12.8 Å². The second-order valence-corrected chi connectivity index (χ2v) is 6.01. The summed E-state index contributed by atoms with van der Waals surface area (Å²) in [6.45, 7) is 6.06. The summed E-state index contributed by atoms with van der Waals surface area (Å²) in [4.78, 5) is 17.3. The summed E-state index contributed by atoms with van der Waals surface area (Å²) in [6, 6.07) is 0. The minimum Gasteiger partial charge on any atom is -0.461 e. The van der Waals surface area contributed by atoms with Gasteiger partial charge in [-0.25, -0.2) is 13.9 Å². The number of esters is 1. The second kappa shape index (κ2) is 9.53. The molecule has 1 aromatic heterocycles. The number of hydrogen-bond donors (Lipinski definition) is 0. The van der Waals surface area contributed by atoms with Gasteiger partial charge in [-0.2, -0.15) is 0 Å². The van der Waals surface area contributed by atoms with Crippen molar-refractivity contribution in [2.45, 2.75) is 45.4 Å². The summed E-state index contributed by atoms with van der Waals surface area (Å²) in [5.74, 6) is -1.54. The van der Waals surface area contributed by atoms with Gasteiger partial charge in [0.1, 0.15) is 25.5 Å². The van der Waals surface area contributed by atoms with Gasteiger partial charge in [0.25, 0.3) is 5.79 Å². The monoisotopic (exact) mass is 354 g/mol. The average molecular weight is 354 g/mol. The summed E-state index contributed by atoms with van der Waals surface area (Å²) in [6.07, 6.45) is 8.11. The fraction of sp³-hybridized carbons (Fsp3) is 0.706. The largest absolute Gasteiger partial charge is 0.461 e.